The molecule has 0 bridgehead atoms. The van der Waals surface area contributed by atoms with E-state index >= 15 is 0 Å². The smallest absolute Gasteiger partial charge is 0.129 e. The SMILES string of the molecule is Clc1cc2c(cn1)NC#CC2. The van der Waals surface area contributed by atoms with Gasteiger partial charge in [0.1, 0.15) is 5.15 Å². The van der Waals surface area contributed by atoms with Crippen LogP contribution in [0.4, 0.5) is 5.69 Å². The lowest BCUT2D eigenvalue weighted by molar-refractivity contribution is 1.22. The van der Waals surface area contributed by atoms with Crippen LogP contribution in [0.25, 0.3) is 0 Å². The Morgan fingerprint density at radius 3 is 3.45 bits per heavy atom. The van der Waals surface area contributed by atoms with Crippen molar-refractivity contribution in [3.63, 3.8) is 0 Å². The third-order valence-corrected chi connectivity index (χ3v) is 1.73. The van der Waals surface area contributed by atoms with E-state index in [1.807, 2.05) is 6.07 Å². The Balaban J connectivity index is 2.51. The highest BCUT2D eigenvalue weighted by molar-refractivity contribution is 6.29. The summed E-state index contributed by atoms with van der Waals surface area (Å²) in [7, 11) is 0. The zero-order valence-corrected chi connectivity index (χ0v) is 6.44. The number of pyridine rings is 1. The molecule has 0 saturated carbocycles. The van der Waals surface area contributed by atoms with Gasteiger partial charge >= 0.3 is 0 Å². The minimum atomic E-state index is 0.522. The van der Waals surface area contributed by atoms with Gasteiger partial charge in [-0.05, 0) is 11.6 Å². The van der Waals surface area contributed by atoms with E-state index in [4.69, 9.17) is 11.6 Å². The van der Waals surface area contributed by atoms with E-state index in [0.29, 0.717) is 5.15 Å². The molecular formula is C8H5ClN2. The predicted molar refractivity (Wildman–Crippen MR) is 44.3 cm³/mol. The molecule has 0 saturated heterocycles. The van der Waals surface area contributed by atoms with Crippen molar-refractivity contribution in [1.82, 2.24) is 4.98 Å². The van der Waals surface area contributed by atoms with E-state index in [9.17, 15) is 0 Å². The van der Waals surface area contributed by atoms with Gasteiger partial charge in [-0.2, -0.15) is 0 Å². The van der Waals surface area contributed by atoms with Crippen LogP contribution in [0.5, 0.6) is 0 Å². The Kier molecular flexibility index (Phi) is 1.45. The number of nitrogens with zero attached hydrogens (tertiary/aromatic N) is 1. The number of fused-ring (bicyclic) bond motifs is 1. The van der Waals surface area contributed by atoms with Gasteiger partial charge in [0.05, 0.1) is 11.9 Å². The molecule has 0 aromatic carbocycles. The van der Waals surface area contributed by atoms with Crippen molar-refractivity contribution in [3.05, 3.63) is 23.0 Å². The summed E-state index contributed by atoms with van der Waals surface area (Å²) in [6, 6.07) is 4.61. The molecule has 0 atom stereocenters. The average Bonchev–Trinajstić information content (AvgIpc) is 2.04. The van der Waals surface area contributed by atoms with Gasteiger partial charge in [-0.1, -0.05) is 17.5 Å². The summed E-state index contributed by atoms with van der Waals surface area (Å²) < 4.78 is 0. The van der Waals surface area contributed by atoms with Crippen LogP contribution in [0.1, 0.15) is 5.56 Å². The van der Waals surface area contributed by atoms with Crippen molar-refractivity contribution >= 4 is 17.3 Å². The Morgan fingerprint density at radius 1 is 1.64 bits per heavy atom. The fourth-order valence-electron chi connectivity index (χ4n) is 0.978. The monoisotopic (exact) mass is 164 g/mol. The van der Waals surface area contributed by atoms with E-state index in [-0.39, 0.29) is 0 Å². The van der Waals surface area contributed by atoms with Crippen LogP contribution in [-0.4, -0.2) is 4.98 Å². The molecule has 1 aromatic rings. The quantitative estimate of drug-likeness (QED) is 0.466. The van der Waals surface area contributed by atoms with Gasteiger partial charge in [0.2, 0.25) is 0 Å². The van der Waals surface area contributed by atoms with Crippen molar-refractivity contribution in [1.29, 1.82) is 0 Å². The molecule has 2 rings (SSSR count). The highest BCUT2D eigenvalue weighted by atomic mass is 35.5. The molecule has 0 spiro atoms. The number of anilines is 1. The van der Waals surface area contributed by atoms with E-state index in [0.717, 1.165) is 17.7 Å². The van der Waals surface area contributed by atoms with Crippen molar-refractivity contribution in [2.45, 2.75) is 6.42 Å². The van der Waals surface area contributed by atoms with Gasteiger partial charge in [-0.15, -0.1) is 0 Å². The molecule has 1 N–H and O–H groups in total. The first-order valence-corrected chi connectivity index (χ1v) is 3.62. The first kappa shape index (κ1) is 6.51. The summed E-state index contributed by atoms with van der Waals surface area (Å²) in [6.07, 6.45) is 2.45. The Labute approximate surface area is 69.6 Å². The zero-order chi connectivity index (χ0) is 7.68. The average molecular weight is 165 g/mol. The molecular weight excluding hydrogens is 160 g/mol. The summed E-state index contributed by atoms with van der Waals surface area (Å²) in [5.74, 6) is 2.92. The second-order valence-corrected chi connectivity index (χ2v) is 2.65. The van der Waals surface area contributed by atoms with Crippen LogP contribution in [0.2, 0.25) is 5.15 Å². The summed E-state index contributed by atoms with van der Waals surface area (Å²) in [5, 5.41) is 3.43. The number of halogens is 1. The Hall–Kier alpha value is -1.20. The molecule has 3 heteroatoms. The molecule has 0 unspecified atom stereocenters. The number of rotatable bonds is 0. The van der Waals surface area contributed by atoms with Crippen LogP contribution in [0.15, 0.2) is 12.3 Å². The molecule has 1 aliphatic rings. The molecule has 0 aliphatic carbocycles. The maximum Gasteiger partial charge on any atom is 0.129 e. The van der Waals surface area contributed by atoms with Gasteiger partial charge in [-0.3, -0.25) is 0 Å². The largest absolute Gasteiger partial charge is 0.313 e. The van der Waals surface area contributed by atoms with Crippen LogP contribution in [0, 0.1) is 12.0 Å². The molecule has 54 valence electrons. The molecule has 11 heavy (non-hydrogen) atoms. The highest BCUT2D eigenvalue weighted by Crippen LogP contribution is 2.19. The summed E-state index contributed by atoms with van der Waals surface area (Å²) in [6.45, 7) is 0. The highest BCUT2D eigenvalue weighted by Gasteiger charge is 2.04. The zero-order valence-electron chi connectivity index (χ0n) is 5.69. The third-order valence-electron chi connectivity index (χ3n) is 1.52. The molecule has 1 aliphatic heterocycles. The van der Waals surface area contributed by atoms with E-state index in [1.54, 1.807) is 6.20 Å². The third kappa shape index (κ3) is 1.15. The van der Waals surface area contributed by atoms with Crippen molar-refractivity contribution < 1.29 is 0 Å². The number of hydrogen-bond acceptors (Lipinski definition) is 2. The van der Waals surface area contributed by atoms with Crippen molar-refractivity contribution in [2.75, 3.05) is 5.32 Å². The maximum absolute atomic E-state index is 5.69. The van der Waals surface area contributed by atoms with Gasteiger partial charge in [0.15, 0.2) is 0 Å². The van der Waals surface area contributed by atoms with Crippen LogP contribution in [-0.2, 0) is 6.42 Å². The fraction of sp³-hybridized carbons (Fsp3) is 0.125. The van der Waals surface area contributed by atoms with Gasteiger partial charge in [0, 0.05) is 12.5 Å². The van der Waals surface area contributed by atoms with Crippen LogP contribution >= 0.6 is 11.6 Å². The lowest BCUT2D eigenvalue weighted by atomic mass is 10.1. The normalized spacial score (nSPS) is 12.5. The standard InChI is InChI=1S/C8H5ClN2/c9-8-4-6-2-1-3-10-7(6)5-11-8/h4-5,10H,2H2. The van der Waals surface area contributed by atoms with Crippen LogP contribution in [0.3, 0.4) is 0 Å². The maximum atomic E-state index is 5.69. The minimum Gasteiger partial charge on any atom is -0.313 e. The number of hydrogen-bond donors (Lipinski definition) is 1. The molecule has 0 radical (unpaired) electrons. The topological polar surface area (TPSA) is 24.9 Å². The lowest BCUT2D eigenvalue weighted by Crippen LogP contribution is -2.00. The molecule has 1 aromatic heterocycles. The first-order chi connectivity index (χ1) is 5.36. The second kappa shape index (κ2) is 2.44. The Bertz CT molecular complexity index is 349. The minimum absolute atomic E-state index is 0.522. The first-order valence-electron chi connectivity index (χ1n) is 3.24. The lowest BCUT2D eigenvalue weighted by Gasteiger charge is -2.07. The number of nitrogens with one attached hydrogen (secondary N) is 1. The Morgan fingerprint density at radius 2 is 2.55 bits per heavy atom. The molecule has 2 nitrogen and oxygen atoms in total. The van der Waals surface area contributed by atoms with Gasteiger partial charge in [-0.25, -0.2) is 4.98 Å². The molecule has 0 fully saturated rings. The summed E-state index contributed by atoms with van der Waals surface area (Å²) in [5.41, 5.74) is 2.08. The summed E-state index contributed by atoms with van der Waals surface area (Å²) >= 11 is 5.69. The second-order valence-electron chi connectivity index (χ2n) is 2.27. The summed E-state index contributed by atoms with van der Waals surface area (Å²) in [4.78, 5) is 3.93. The van der Waals surface area contributed by atoms with E-state index in [2.05, 4.69) is 22.3 Å². The molecule has 2 heterocycles. The van der Waals surface area contributed by atoms with E-state index < -0.39 is 0 Å². The van der Waals surface area contributed by atoms with E-state index in [1.165, 1.54) is 0 Å². The number of aromatic nitrogens is 1. The molecule has 0 amide bonds. The predicted octanol–water partition coefficient (Wildman–Crippen LogP) is 1.66. The fourth-order valence-corrected chi connectivity index (χ4v) is 1.16. The van der Waals surface area contributed by atoms with Gasteiger partial charge in [0.25, 0.3) is 0 Å². The van der Waals surface area contributed by atoms with Crippen LogP contribution < -0.4 is 5.32 Å². The van der Waals surface area contributed by atoms with Gasteiger partial charge < -0.3 is 5.32 Å². The van der Waals surface area contributed by atoms with Crippen molar-refractivity contribution in [3.8, 4) is 12.0 Å². The van der Waals surface area contributed by atoms with Crippen molar-refractivity contribution in [2.24, 2.45) is 0 Å².